The van der Waals surface area contributed by atoms with E-state index in [4.69, 9.17) is 11.6 Å². The van der Waals surface area contributed by atoms with E-state index in [0.29, 0.717) is 35.8 Å². The molecule has 1 unspecified atom stereocenters. The minimum absolute atomic E-state index is 0.194. The van der Waals surface area contributed by atoms with Gasteiger partial charge in [-0.2, -0.15) is 0 Å². The first-order valence-electron chi connectivity index (χ1n) is 10.7. The molecular weight excluding hydrogens is 431 g/mol. The molecule has 1 atom stereocenters. The Labute approximate surface area is 191 Å². The van der Waals surface area contributed by atoms with E-state index in [9.17, 15) is 14.0 Å². The van der Waals surface area contributed by atoms with Crippen molar-refractivity contribution in [2.45, 2.75) is 26.3 Å². The summed E-state index contributed by atoms with van der Waals surface area (Å²) < 4.78 is 17.5. The molecule has 1 aliphatic rings. The van der Waals surface area contributed by atoms with Crippen LogP contribution in [0, 0.1) is 18.7 Å². The molecule has 4 rings (SSSR count). The van der Waals surface area contributed by atoms with Gasteiger partial charge in [0.15, 0.2) is 0 Å². The summed E-state index contributed by atoms with van der Waals surface area (Å²) in [5, 5.41) is 3.25. The Balaban J connectivity index is 1.50. The molecule has 0 saturated carbocycles. The second kappa shape index (κ2) is 9.30. The van der Waals surface area contributed by atoms with Crippen molar-refractivity contribution in [1.29, 1.82) is 0 Å². The Morgan fingerprint density at radius 2 is 1.94 bits per heavy atom. The van der Waals surface area contributed by atoms with Crippen LogP contribution in [0.4, 0.5) is 10.1 Å². The molecule has 2 heterocycles. The molecule has 8 heteroatoms. The summed E-state index contributed by atoms with van der Waals surface area (Å²) in [4.78, 5) is 28.2. The van der Waals surface area contributed by atoms with Crippen molar-refractivity contribution in [1.82, 2.24) is 14.3 Å². The zero-order valence-electron chi connectivity index (χ0n) is 18.1. The van der Waals surface area contributed by atoms with E-state index >= 15 is 0 Å². The van der Waals surface area contributed by atoms with E-state index in [0.717, 1.165) is 18.7 Å². The maximum absolute atomic E-state index is 14.2. The number of hydrogen-bond donors (Lipinski definition) is 1. The zero-order valence-corrected chi connectivity index (χ0v) is 18.9. The molecule has 1 saturated heterocycles. The topological polar surface area (TPSA) is 59.3 Å². The maximum Gasteiger partial charge on any atom is 0.295 e. The van der Waals surface area contributed by atoms with Gasteiger partial charge in [0.1, 0.15) is 11.5 Å². The average Bonchev–Trinajstić information content (AvgIpc) is 3.00. The van der Waals surface area contributed by atoms with Gasteiger partial charge in [-0.25, -0.2) is 9.07 Å². The van der Waals surface area contributed by atoms with Gasteiger partial charge in [0.05, 0.1) is 17.3 Å². The summed E-state index contributed by atoms with van der Waals surface area (Å²) in [7, 11) is 1.79. The van der Waals surface area contributed by atoms with Crippen LogP contribution in [0.5, 0.6) is 0 Å². The summed E-state index contributed by atoms with van der Waals surface area (Å²) in [6, 6.07) is 13.9. The molecule has 1 fully saturated rings. The number of rotatable bonds is 5. The minimum Gasteiger partial charge on any atom is -0.320 e. The average molecular weight is 457 g/mol. The van der Waals surface area contributed by atoms with Crippen molar-refractivity contribution in [3.8, 4) is 5.69 Å². The maximum atomic E-state index is 14.2. The van der Waals surface area contributed by atoms with E-state index in [-0.39, 0.29) is 28.9 Å². The predicted molar refractivity (Wildman–Crippen MR) is 124 cm³/mol. The number of benzene rings is 2. The quantitative estimate of drug-likeness (QED) is 0.628. The second-order valence-electron chi connectivity index (χ2n) is 8.20. The number of carbonyl (C=O) groups is 1. The number of anilines is 1. The molecule has 0 bridgehead atoms. The van der Waals surface area contributed by atoms with E-state index < -0.39 is 0 Å². The van der Waals surface area contributed by atoms with Crippen molar-refractivity contribution >= 4 is 23.2 Å². The summed E-state index contributed by atoms with van der Waals surface area (Å²) in [5.74, 6) is -0.829. The Morgan fingerprint density at radius 3 is 2.66 bits per heavy atom. The van der Waals surface area contributed by atoms with Crippen molar-refractivity contribution in [2.24, 2.45) is 13.0 Å². The lowest BCUT2D eigenvalue weighted by Crippen LogP contribution is -2.41. The van der Waals surface area contributed by atoms with Gasteiger partial charge in [-0.05, 0) is 50.6 Å². The van der Waals surface area contributed by atoms with Crippen LogP contribution < -0.4 is 10.9 Å². The first-order chi connectivity index (χ1) is 15.4. The highest BCUT2D eigenvalue weighted by molar-refractivity contribution is 6.31. The molecule has 1 aromatic heterocycles. The highest BCUT2D eigenvalue weighted by Gasteiger charge is 2.28. The lowest BCUT2D eigenvalue weighted by molar-refractivity contribution is -0.121. The van der Waals surface area contributed by atoms with Gasteiger partial charge in [0, 0.05) is 30.7 Å². The van der Waals surface area contributed by atoms with Gasteiger partial charge in [0.2, 0.25) is 5.91 Å². The number of likely N-dealkylation sites (tertiary alicyclic amines) is 1. The number of para-hydroxylation sites is 1. The monoisotopic (exact) mass is 456 g/mol. The summed E-state index contributed by atoms with van der Waals surface area (Å²) in [6.45, 7) is 3.40. The van der Waals surface area contributed by atoms with Crippen LogP contribution in [0.25, 0.3) is 5.69 Å². The van der Waals surface area contributed by atoms with Crippen LogP contribution in [-0.4, -0.2) is 33.3 Å². The fraction of sp³-hybridized carbons (Fsp3) is 0.333. The number of aromatic nitrogens is 2. The molecule has 1 amide bonds. The number of piperidine rings is 1. The van der Waals surface area contributed by atoms with Crippen molar-refractivity contribution < 1.29 is 9.18 Å². The number of nitrogens with one attached hydrogen (secondary N) is 1. The number of nitrogens with zero attached hydrogens (tertiary/aromatic N) is 3. The third-order valence-corrected chi connectivity index (χ3v) is 6.48. The minimum atomic E-state index is -0.342. The van der Waals surface area contributed by atoms with Crippen LogP contribution in [0.2, 0.25) is 5.02 Å². The Hall–Kier alpha value is -2.90. The Morgan fingerprint density at radius 1 is 1.19 bits per heavy atom. The predicted octanol–water partition coefficient (Wildman–Crippen LogP) is 4.13. The Bertz CT molecular complexity index is 1170. The first-order valence-corrected chi connectivity index (χ1v) is 11.0. The summed E-state index contributed by atoms with van der Waals surface area (Å²) in [6.07, 6.45) is 1.53. The lowest BCUT2D eigenvalue weighted by atomic mass is 9.96. The molecule has 2 aromatic carbocycles. The SMILES string of the molecule is Cc1c(NC(=O)C2CCCN(Cc3c(F)cccc3Cl)C2)c(=O)n(-c2ccccc2)n1C. The molecule has 0 spiro atoms. The highest BCUT2D eigenvalue weighted by Crippen LogP contribution is 2.25. The molecule has 0 radical (unpaired) electrons. The number of hydrogen-bond acceptors (Lipinski definition) is 3. The standard InChI is InChI=1S/C24H26ClFN4O2/c1-16-22(24(32)30(28(16)2)18-9-4-3-5-10-18)27-23(31)17-8-7-13-29(14-17)15-19-20(25)11-6-12-21(19)26/h3-6,9-12,17H,7-8,13-15H2,1-2H3,(H,27,31). The largest absolute Gasteiger partial charge is 0.320 e. The van der Waals surface area contributed by atoms with Crippen molar-refractivity contribution in [3.63, 3.8) is 0 Å². The molecule has 1 aliphatic heterocycles. The summed E-state index contributed by atoms with van der Waals surface area (Å²) in [5.41, 5.74) is 1.87. The fourth-order valence-corrected chi connectivity index (χ4v) is 4.48. The van der Waals surface area contributed by atoms with Crippen molar-refractivity contribution in [3.05, 3.63) is 81.0 Å². The smallest absolute Gasteiger partial charge is 0.295 e. The molecule has 168 valence electrons. The van der Waals surface area contributed by atoms with Crippen molar-refractivity contribution in [2.75, 3.05) is 18.4 Å². The normalized spacial score (nSPS) is 16.8. The van der Waals surface area contributed by atoms with Crippen LogP contribution in [0.3, 0.4) is 0 Å². The first kappa shape index (κ1) is 22.3. The fourth-order valence-electron chi connectivity index (χ4n) is 4.26. The second-order valence-corrected chi connectivity index (χ2v) is 8.61. The van der Waals surface area contributed by atoms with E-state index in [2.05, 4.69) is 5.32 Å². The third kappa shape index (κ3) is 4.36. The lowest BCUT2D eigenvalue weighted by Gasteiger charge is -2.32. The van der Waals surface area contributed by atoms with E-state index in [1.807, 2.05) is 42.2 Å². The van der Waals surface area contributed by atoms with Gasteiger partial charge in [-0.15, -0.1) is 0 Å². The van der Waals surface area contributed by atoms with Gasteiger partial charge in [-0.3, -0.25) is 19.2 Å². The number of carbonyl (C=O) groups excluding carboxylic acids is 1. The van der Waals surface area contributed by atoms with Gasteiger partial charge >= 0.3 is 0 Å². The van der Waals surface area contributed by atoms with Crippen LogP contribution in [0.1, 0.15) is 24.1 Å². The molecule has 0 aliphatic carbocycles. The molecule has 32 heavy (non-hydrogen) atoms. The van der Waals surface area contributed by atoms with Crippen LogP contribution in [-0.2, 0) is 18.4 Å². The number of halogens is 2. The molecule has 3 aromatic rings. The Kier molecular flexibility index (Phi) is 6.48. The molecular formula is C24H26ClFN4O2. The number of amides is 1. The van der Waals surface area contributed by atoms with E-state index in [1.54, 1.807) is 23.9 Å². The highest BCUT2D eigenvalue weighted by atomic mass is 35.5. The van der Waals surface area contributed by atoms with Crippen LogP contribution in [0.15, 0.2) is 53.3 Å². The van der Waals surface area contributed by atoms with Gasteiger partial charge < -0.3 is 5.32 Å². The zero-order chi connectivity index (χ0) is 22.8. The van der Waals surface area contributed by atoms with Crippen LogP contribution >= 0.6 is 11.6 Å². The molecule has 6 nitrogen and oxygen atoms in total. The van der Waals surface area contributed by atoms with Gasteiger partial charge in [0.25, 0.3) is 5.56 Å². The summed E-state index contributed by atoms with van der Waals surface area (Å²) >= 11 is 6.17. The van der Waals surface area contributed by atoms with Gasteiger partial charge in [-0.1, -0.05) is 35.9 Å². The molecule has 1 N–H and O–H groups in total. The third-order valence-electron chi connectivity index (χ3n) is 6.12. The van der Waals surface area contributed by atoms with E-state index in [1.165, 1.54) is 10.7 Å².